The van der Waals surface area contributed by atoms with Crippen LogP contribution in [0.1, 0.15) is 44.4 Å². The Bertz CT molecular complexity index is 452. The van der Waals surface area contributed by atoms with Crippen LogP contribution in [0.25, 0.3) is 0 Å². The monoisotopic (exact) mass is 264 g/mol. The lowest BCUT2D eigenvalue weighted by atomic mass is 9.96. The summed E-state index contributed by atoms with van der Waals surface area (Å²) in [5.41, 5.74) is 2.10. The van der Waals surface area contributed by atoms with Crippen molar-refractivity contribution in [3.05, 3.63) is 17.5 Å². The summed E-state index contributed by atoms with van der Waals surface area (Å²) in [5, 5.41) is 7.81. The van der Waals surface area contributed by atoms with Gasteiger partial charge in [0.25, 0.3) is 0 Å². The predicted molar refractivity (Wildman–Crippen MR) is 74.8 cm³/mol. The number of carbonyl (C=O) groups excluding carboxylic acids is 1. The van der Waals surface area contributed by atoms with Gasteiger partial charge in [-0.25, -0.2) is 0 Å². The molecule has 106 valence electrons. The number of nitrogens with one attached hydrogen (secondary N) is 1. The molecule has 5 heteroatoms. The van der Waals surface area contributed by atoms with E-state index in [0.717, 1.165) is 30.8 Å². The molecule has 0 bridgehead atoms. The van der Waals surface area contributed by atoms with Gasteiger partial charge in [0.15, 0.2) is 0 Å². The molecule has 1 N–H and O–H groups in total. The molecular weight excluding hydrogens is 240 g/mol. The second-order valence-electron chi connectivity index (χ2n) is 5.52. The summed E-state index contributed by atoms with van der Waals surface area (Å²) in [6.07, 6.45) is 2.99. The van der Waals surface area contributed by atoms with E-state index in [1.807, 2.05) is 18.1 Å². The molecule has 1 amide bonds. The van der Waals surface area contributed by atoms with Gasteiger partial charge in [-0.1, -0.05) is 6.92 Å². The van der Waals surface area contributed by atoms with Crippen LogP contribution in [-0.4, -0.2) is 39.7 Å². The van der Waals surface area contributed by atoms with Crippen molar-refractivity contribution >= 4 is 5.91 Å². The molecule has 0 radical (unpaired) electrons. The number of fused-ring (bicyclic) bond motifs is 1. The Morgan fingerprint density at radius 2 is 2.37 bits per heavy atom. The molecule has 1 aromatic heterocycles. The molecule has 0 fully saturated rings. The Kier molecular flexibility index (Phi) is 4.24. The SMILES string of the molecule is CCCN(C(=O)C1CNCc2cn(C)nc21)C(C)C. The first kappa shape index (κ1) is 14.1. The number of hydrogen-bond donors (Lipinski definition) is 1. The molecule has 1 unspecified atom stereocenters. The number of aryl methyl sites for hydroxylation is 1. The Labute approximate surface area is 115 Å². The van der Waals surface area contributed by atoms with Gasteiger partial charge in [-0.15, -0.1) is 0 Å². The van der Waals surface area contributed by atoms with Crippen molar-refractivity contribution in [3.63, 3.8) is 0 Å². The Balaban J connectivity index is 2.24. The Morgan fingerprint density at radius 3 is 3.00 bits per heavy atom. The van der Waals surface area contributed by atoms with Crippen molar-refractivity contribution in [3.8, 4) is 0 Å². The number of rotatable bonds is 4. The van der Waals surface area contributed by atoms with Gasteiger partial charge in [0.1, 0.15) is 0 Å². The third kappa shape index (κ3) is 2.81. The third-order valence-electron chi connectivity index (χ3n) is 3.60. The molecule has 5 nitrogen and oxygen atoms in total. The summed E-state index contributed by atoms with van der Waals surface area (Å²) < 4.78 is 1.80. The van der Waals surface area contributed by atoms with Crippen LogP contribution in [0.2, 0.25) is 0 Å². The van der Waals surface area contributed by atoms with E-state index in [-0.39, 0.29) is 17.9 Å². The number of amides is 1. The van der Waals surface area contributed by atoms with Crippen molar-refractivity contribution in [2.75, 3.05) is 13.1 Å². The highest BCUT2D eigenvalue weighted by atomic mass is 16.2. The minimum atomic E-state index is -0.140. The smallest absolute Gasteiger partial charge is 0.233 e. The summed E-state index contributed by atoms with van der Waals surface area (Å²) in [7, 11) is 1.91. The molecule has 0 saturated heterocycles. The van der Waals surface area contributed by atoms with Gasteiger partial charge >= 0.3 is 0 Å². The lowest BCUT2D eigenvalue weighted by molar-refractivity contribution is -0.134. The second-order valence-corrected chi connectivity index (χ2v) is 5.52. The molecule has 0 saturated carbocycles. The minimum absolute atomic E-state index is 0.140. The minimum Gasteiger partial charge on any atom is -0.340 e. The maximum Gasteiger partial charge on any atom is 0.233 e. The van der Waals surface area contributed by atoms with Crippen LogP contribution in [0.15, 0.2) is 6.20 Å². The molecule has 0 aliphatic carbocycles. The Morgan fingerprint density at radius 1 is 1.63 bits per heavy atom. The van der Waals surface area contributed by atoms with Crippen molar-refractivity contribution in [1.29, 1.82) is 0 Å². The Hall–Kier alpha value is -1.36. The normalized spacial score (nSPS) is 18.5. The summed E-state index contributed by atoms with van der Waals surface area (Å²) >= 11 is 0. The van der Waals surface area contributed by atoms with Crippen LogP contribution in [0.3, 0.4) is 0 Å². The summed E-state index contributed by atoms with van der Waals surface area (Å²) in [6, 6.07) is 0.238. The average Bonchev–Trinajstić information content (AvgIpc) is 2.74. The summed E-state index contributed by atoms with van der Waals surface area (Å²) in [5.74, 6) is 0.0582. The van der Waals surface area contributed by atoms with Gasteiger partial charge in [-0.05, 0) is 20.3 Å². The zero-order chi connectivity index (χ0) is 14.0. The molecule has 19 heavy (non-hydrogen) atoms. The fraction of sp³-hybridized carbons (Fsp3) is 0.714. The van der Waals surface area contributed by atoms with Crippen LogP contribution >= 0.6 is 0 Å². The fourth-order valence-electron chi connectivity index (χ4n) is 2.70. The third-order valence-corrected chi connectivity index (χ3v) is 3.60. The maximum atomic E-state index is 12.7. The molecule has 1 aromatic rings. The summed E-state index contributed by atoms with van der Waals surface area (Å²) in [6.45, 7) is 8.56. The molecular formula is C14H24N4O. The van der Waals surface area contributed by atoms with E-state index in [1.165, 1.54) is 0 Å². The predicted octanol–water partition coefficient (Wildman–Crippen LogP) is 1.25. The first-order valence-electron chi connectivity index (χ1n) is 7.08. The number of nitrogens with zero attached hydrogens (tertiary/aromatic N) is 3. The van der Waals surface area contributed by atoms with Crippen LogP contribution in [0.5, 0.6) is 0 Å². The summed E-state index contributed by atoms with van der Waals surface area (Å²) in [4.78, 5) is 14.7. The van der Waals surface area contributed by atoms with Crippen molar-refractivity contribution in [2.45, 2.75) is 45.7 Å². The highest BCUT2D eigenvalue weighted by Crippen LogP contribution is 2.25. The molecule has 1 aliphatic rings. The van der Waals surface area contributed by atoms with Crippen LogP contribution < -0.4 is 5.32 Å². The molecule has 0 aromatic carbocycles. The van der Waals surface area contributed by atoms with Gasteiger partial charge in [0.2, 0.25) is 5.91 Å². The van der Waals surface area contributed by atoms with E-state index in [4.69, 9.17) is 0 Å². The number of hydrogen-bond acceptors (Lipinski definition) is 3. The van der Waals surface area contributed by atoms with E-state index >= 15 is 0 Å². The zero-order valence-electron chi connectivity index (χ0n) is 12.3. The van der Waals surface area contributed by atoms with E-state index in [9.17, 15) is 4.79 Å². The molecule has 0 spiro atoms. The quantitative estimate of drug-likeness (QED) is 0.890. The van der Waals surface area contributed by atoms with E-state index in [0.29, 0.717) is 6.54 Å². The fourth-order valence-corrected chi connectivity index (χ4v) is 2.70. The van der Waals surface area contributed by atoms with Crippen molar-refractivity contribution in [1.82, 2.24) is 20.0 Å². The molecule has 2 heterocycles. The second kappa shape index (κ2) is 5.74. The van der Waals surface area contributed by atoms with Crippen molar-refractivity contribution < 1.29 is 4.79 Å². The van der Waals surface area contributed by atoms with Crippen LogP contribution in [0.4, 0.5) is 0 Å². The average molecular weight is 264 g/mol. The molecule has 1 atom stereocenters. The van der Waals surface area contributed by atoms with Crippen LogP contribution in [-0.2, 0) is 18.4 Å². The highest BCUT2D eigenvalue weighted by molar-refractivity contribution is 5.84. The van der Waals surface area contributed by atoms with E-state index in [1.54, 1.807) is 4.68 Å². The molecule has 2 rings (SSSR count). The molecule has 1 aliphatic heterocycles. The van der Waals surface area contributed by atoms with Gasteiger partial charge in [-0.2, -0.15) is 5.10 Å². The number of carbonyl (C=O) groups is 1. The largest absolute Gasteiger partial charge is 0.340 e. The zero-order valence-corrected chi connectivity index (χ0v) is 12.3. The lowest BCUT2D eigenvalue weighted by Gasteiger charge is -2.31. The highest BCUT2D eigenvalue weighted by Gasteiger charge is 2.32. The number of aromatic nitrogens is 2. The topological polar surface area (TPSA) is 50.2 Å². The van der Waals surface area contributed by atoms with Gasteiger partial charge in [-0.3, -0.25) is 9.48 Å². The van der Waals surface area contributed by atoms with Gasteiger partial charge < -0.3 is 10.2 Å². The first-order valence-corrected chi connectivity index (χ1v) is 7.08. The standard InChI is InChI=1S/C14H24N4O/c1-5-6-18(10(2)3)14(19)12-8-15-7-11-9-17(4)16-13(11)12/h9-10,12,15H,5-8H2,1-4H3. The van der Waals surface area contributed by atoms with E-state index in [2.05, 4.69) is 31.2 Å². The van der Waals surface area contributed by atoms with Gasteiger partial charge in [0.05, 0.1) is 11.6 Å². The first-order chi connectivity index (χ1) is 9.04. The maximum absolute atomic E-state index is 12.7. The van der Waals surface area contributed by atoms with Gasteiger partial charge in [0, 0.05) is 44.5 Å². The van der Waals surface area contributed by atoms with Crippen molar-refractivity contribution in [2.24, 2.45) is 7.05 Å². The lowest BCUT2D eigenvalue weighted by Crippen LogP contribution is -2.45. The van der Waals surface area contributed by atoms with Crippen LogP contribution in [0, 0.1) is 0 Å². The van der Waals surface area contributed by atoms with E-state index < -0.39 is 0 Å².